The molecule has 0 aromatic carbocycles. The zero-order chi connectivity index (χ0) is 5.70. The number of aliphatic hydroxyl groups is 1. The molecular formula is C4H8LaO3. The molecule has 0 rings (SSSR count). The van der Waals surface area contributed by atoms with Gasteiger partial charge in [0.1, 0.15) is 6.61 Å². The first-order chi connectivity index (χ1) is 3.27. The molecular weight excluding hydrogens is 235 g/mol. The summed E-state index contributed by atoms with van der Waals surface area (Å²) in [5.41, 5.74) is 0. The molecule has 0 saturated heterocycles. The fourth-order valence-corrected chi connectivity index (χ4v) is 0.189. The summed E-state index contributed by atoms with van der Waals surface area (Å²) in [4.78, 5) is 9.87. The van der Waals surface area contributed by atoms with Crippen molar-refractivity contribution in [3.8, 4) is 0 Å². The van der Waals surface area contributed by atoms with E-state index in [0.29, 0.717) is 0 Å². The van der Waals surface area contributed by atoms with Crippen LogP contribution in [0, 0.1) is 35.6 Å². The van der Waals surface area contributed by atoms with Crippen molar-refractivity contribution in [2.45, 2.75) is 6.92 Å². The standard InChI is InChI=1S/C4H8O3.La/c1-4(6)7-3-2-5;/h5H,2-3H2,1H3;. The number of carbonyl (C=O) groups excluding carboxylic acids is 1. The molecule has 0 aliphatic heterocycles. The normalized spacial score (nSPS) is 7.25. The van der Waals surface area contributed by atoms with Gasteiger partial charge in [0.15, 0.2) is 0 Å². The number of aliphatic hydroxyl groups excluding tert-OH is 1. The number of carbonyl (C=O) groups is 1. The van der Waals surface area contributed by atoms with Gasteiger partial charge in [0, 0.05) is 42.5 Å². The van der Waals surface area contributed by atoms with Crippen molar-refractivity contribution in [1.29, 1.82) is 0 Å². The maximum Gasteiger partial charge on any atom is 0.302 e. The minimum absolute atomic E-state index is 0. The molecule has 0 unspecified atom stereocenters. The molecule has 0 heterocycles. The van der Waals surface area contributed by atoms with Gasteiger partial charge in [-0.2, -0.15) is 0 Å². The minimum atomic E-state index is -0.353. The first kappa shape index (κ1) is 11.4. The molecule has 0 amide bonds. The van der Waals surface area contributed by atoms with Gasteiger partial charge in [-0.25, -0.2) is 0 Å². The Kier molecular flexibility index (Phi) is 10.9. The zero-order valence-electron chi connectivity index (χ0n) is 4.76. The monoisotopic (exact) mass is 243 g/mol. The minimum Gasteiger partial charge on any atom is -0.463 e. The van der Waals surface area contributed by atoms with Gasteiger partial charge in [0.25, 0.3) is 0 Å². The second kappa shape index (κ2) is 7.62. The van der Waals surface area contributed by atoms with Crippen LogP contribution in [0.3, 0.4) is 0 Å². The summed E-state index contributed by atoms with van der Waals surface area (Å²) in [6, 6.07) is 0. The Bertz CT molecular complexity index is 64.3. The quantitative estimate of drug-likeness (QED) is 0.667. The molecule has 4 heteroatoms. The van der Waals surface area contributed by atoms with Crippen molar-refractivity contribution in [2.24, 2.45) is 0 Å². The predicted octanol–water partition coefficient (Wildman–Crippen LogP) is -0.458. The van der Waals surface area contributed by atoms with E-state index in [1.807, 2.05) is 0 Å². The number of hydrogen-bond donors (Lipinski definition) is 1. The molecule has 0 aromatic rings. The van der Waals surface area contributed by atoms with Crippen LogP contribution in [-0.2, 0) is 9.53 Å². The van der Waals surface area contributed by atoms with E-state index in [-0.39, 0.29) is 54.8 Å². The third-order valence-electron chi connectivity index (χ3n) is 0.397. The summed E-state index contributed by atoms with van der Waals surface area (Å²) >= 11 is 0. The van der Waals surface area contributed by atoms with Crippen LogP contribution in [0.25, 0.3) is 0 Å². The van der Waals surface area contributed by atoms with E-state index in [4.69, 9.17) is 5.11 Å². The van der Waals surface area contributed by atoms with Crippen molar-refractivity contribution < 1.29 is 50.2 Å². The molecule has 0 bridgehead atoms. The molecule has 1 radical (unpaired) electrons. The van der Waals surface area contributed by atoms with Crippen molar-refractivity contribution in [1.82, 2.24) is 0 Å². The van der Waals surface area contributed by atoms with E-state index in [1.54, 1.807) is 0 Å². The third-order valence-corrected chi connectivity index (χ3v) is 0.397. The van der Waals surface area contributed by atoms with E-state index < -0.39 is 0 Å². The molecule has 0 aliphatic carbocycles. The zero-order valence-corrected chi connectivity index (χ0v) is 8.38. The van der Waals surface area contributed by atoms with Crippen molar-refractivity contribution in [2.75, 3.05) is 13.2 Å². The largest absolute Gasteiger partial charge is 0.463 e. The topological polar surface area (TPSA) is 46.5 Å². The van der Waals surface area contributed by atoms with Gasteiger partial charge in [-0.1, -0.05) is 0 Å². The first-order valence-electron chi connectivity index (χ1n) is 2.01. The Morgan fingerprint density at radius 1 is 1.75 bits per heavy atom. The van der Waals surface area contributed by atoms with E-state index >= 15 is 0 Å². The van der Waals surface area contributed by atoms with Crippen LogP contribution < -0.4 is 0 Å². The average molecular weight is 243 g/mol. The predicted molar refractivity (Wildman–Crippen MR) is 23.7 cm³/mol. The summed E-state index contributed by atoms with van der Waals surface area (Å²) in [5.74, 6) is -0.353. The summed E-state index contributed by atoms with van der Waals surface area (Å²) < 4.78 is 4.30. The van der Waals surface area contributed by atoms with Crippen LogP contribution in [0.2, 0.25) is 0 Å². The van der Waals surface area contributed by atoms with Gasteiger partial charge in [-0.05, 0) is 0 Å². The van der Waals surface area contributed by atoms with Gasteiger partial charge in [0.05, 0.1) is 6.61 Å². The smallest absolute Gasteiger partial charge is 0.302 e. The molecule has 0 aromatic heterocycles. The summed E-state index contributed by atoms with van der Waals surface area (Å²) in [7, 11) is 0. The fraction of sp³-hybridized carbons (Fsp3) is 0.750. The Morgan fingerprint density at radius 3 is 2.38 bits per heavy atom. The Hall–Kier alpha value is 0.625. The van der Waals surface area contributed by atoms with E-state index in [1.165, 1.54) is 6.92 Å². The Labute approximate surface area is 76.0 Å². The number of esters is 1. The maximum atomic E-state index is 9.87. The fourth-order valence-electron chi connectivity index (χ4n) is 0.189. The van der Waals surface area contributed by atoms with Crippen molar-refractivity contribution >= 4 is 5.97 Å². The number of ether oxygens (including phenoxy) is 1. The van der Waals surface area contributed by atoms with Crippen LogP contribution in [0.5, 0.6) is 0 Å². The van der Waals surface area contributed by atoms with Crippen LogP contribution in [0.1, 0.15) is 6.92 Å². The third kappa shape index (κ3) is 9.80. The first-order valence-corrected chi connectivity index (χ1v) is 2.01. The molecule has 1 N–H and O–H groups in total. The van der Waals surface area contributed by atoms with Crippen LogP contribution in [0.4, 0.5) is 0 Å². The van der Waals surface area contributed by atoms with Crippen LogP contribution in [-0.4, -0.2) is 24.3 Å². The maximum absolute atomic E-state index is 9.87. The van der Waals surface area contributed by atoms with Gasteiger partial charge in [-0.15, -0.1) is 0 Å². The number of rotatable bonds is 2. The molecule has 8 heavy (non-hydrogen) atoms. The Balaban J connectivity index is 0. The summed E-state index contributed by atoms with van der Waals surface area (Å²) in [6.07, 6.45) is 0. The van der Waals surface area contributed by atoms with E-state index in [0.717, 1.165) is 0 Å². The van der Waals surface area contributed by atoms with E-state index in [9.17, 15) is 4.79 Å². The Morgan fingerprint density at radius 2 is 2.25 bits per heavy atom. The summed E-state index contributed by atoms with van der Waals surface area (Å²) in [5, 5.41) is 8.04. The van der Waals surface area contributed by atoms with Gasteiger partial charge in [-0.3, -0.25) is 4.79 Å². The molecule has 45 valence electrons. The molecule has 0 aliphatic rings. The van der Waals surface area contributed by atoms with Crippen LogP contribution >= 0.6 is 0 Å². The second-order valence-corrected chi connectivity index (χ2v) is 1.06. The van der Waals surface area contributed by atoms with Crippen molar-refractivity contribution in [3.05, 3.63) is 0 Å². The second-order valence-electron chi connectivity index (χ2n) is 1.06. The van der Waals surface area contributed by atoms with Crippen LogP contribution in [0.15, 0.2) is 0 Å². The summed E-state index contributed by atoms with van der Waals surface area (Å²) in [6.45, 7) is 1.31. The molecule has 0 spiro atoms. The van der Waals surface area contributed by atoms with E-state index in [2.05, 4.69) is 4.74 Å². The van der Waals surface area contributed by atoms with Gasteiger partial charge >= 0.3 is 5.97 Å². The average Bonchev–Trinajstić information content (AvgIpc) is 1.61. The molecule has 0 fully saturated rings. The van der Waals surface area contributed by atoms with Crippen molar-refractivity contribution in [3.63, 3.8) is 0 Å². The van der Waals surface area contributed by atoms with Gasteiger partial charge < -0.3 is 9.84 Å². The number of hydrogen-bond acceptors (Lipinski definition) is 3. The molecule has 0 saturated carbocycles. The molecule has 3 nitrogen and oxygen atoms in total. The SMILES string of the molecule is CC(=O)OCCO.[La]. The van der Waals surface area contributed by atoms with Gasteiger partial charge in [0.2, 0.25) is 0 Å². The molecule has 0 atom stereocenters.